The lowest BCUT2D eigenvalue weighted by Crippen LogP contribution is -2.38. The summed E-state index contributed by atoms with van der Waals surface area (Å²) >= 11 is 0. The third-order valence-corrected chi connectivity index (χ3v) is 4.38. The summed E-state index contributed by atoms with van der Waals surface area (Å²) in [5.74, 6) is 0.676. The second-order valence-electron chi connectivity index (χ2n) is 6.14. The maximum absolute atomic E-state index is 13.9. The van der Waals surface area contributed by atoms with E-state index in [0.717, 1.165) is 36.6 Å². The Morgan fingerprint density at radius 1 is 1.22 bits per heavy atom. The number of fused-ring (bicyclic) bond motifs is 3. The van der Waals surface area contributed by atoms with E-state index in [4.69, 9.17) is 4.98 Å². The van der Waals surface area contributed by atoms with E-state index in [-0.39, 0.29) is 5.82 Å². The second-order valence-corrected chi connectivity index (χ2v) is 6.14. The van der Waals surface area contributed by atoms with E-state index in [0.29, 0.717) is 17.3 Å². The Hall–Kier alpha value is -2.34. The summed E-state index contributed by atoms with van der Waals surface area (Å²) in [5.41, 5.74) is 2.64. The standard InChI is InChI=1S/C17H18FN5/c1-11(2)22-6-7-23-15(10-22)21-14-8-12(9-20-17(14)23)16-13(18)4-3-5-19-16/h3-5,8-9,11H,6-7,10H2,1-2H3. The molecule has 3 aromatic rings. The fraction of sp³-hybridized carbons (Fsp3) is 0.353. The minimum Gasteiger partial charge on any atom is -0.310 e. The van der Waals surface area contributed by atoms with Crippen molar-refractivity contribution in [1.82, 2.24) is 24.4 Å². The Kier molecular flexibility index (Phi) is 3.34. The molecule has 0 saturated carbocycles. The predicted octanol–water partition coefficient (Wildman–Crippen LogP) is 2.86. The maximum Gasteiger partial charge on any atom is 0.160 e. The molecule has 5 nitrogen and oxygen atoms in total. The molecule has 0 aromatic carbocycles. The Morgan fingerprint density at radius 3 is 2.87 bits per heavy atom. The zero-order valence-corrected chi connectivity index (χ0v) is 13.2. The van der Waals surface area contributed by atoms with Crippen LogP contribution in [0, 0.1) is 5.82 Å². The number of pyridine rings is 2. The fourth-order valence-corrected chi connectivity index (χ4v) is 3.07. The molecule has 0 aliphatic carbocycles. The number of imidazole rings is 1. The number of aromatic nitrogens is 4. The van der Waals surface area contributed by atoms with Gasteiger partial charge in [-0.1, -0.05) is 0 Å². The van der Waals surface area contributed by atoms with Gasteiger partial charge in [0.2, 0.25) is 0 Å². The topological polar surface area (TPSA) is 46.8 Å². The molecule has 0 unspecified atom stereocenters. The molecule has 3 aromatic heterocycles. The first-order valence-electron chi connectivity index (χ1n) is 7.83. The first-order valence-corrected chi connectivity index (χ1v) is 7.83. The molecule has 0 bridgehead atoms. The number of halogens is 1. The molecule has 0 radical (unpaired) electrons. The number of hydrogen-bond donors (Lipinski definition) is 0. The Labute approximate surface area is 133 Å². The van der Waals surface area contributed by atoms with E-state index in [1.165, 1.54) is 6.07 Å². The Balaban J connectivity index is 1.78. The normalized spacial score (nSPS) is 15.3. The van der Waals surface area contributed by atoms with Crippen molar-refractivity contribution in [2.75, 3.05) is 6.54 Å². The summed E-state index contributed by atoms with van der Waals surface area (Å²) in [6, 6.07) is 5.36. The van der Waals surface area contributed by atoms with Crippen LogP contribution in [0.2, 0.25) is 0 Å². The smallest absolute Gasteiger partial charge is 0.160 e. The highest BCUT2D eigenvalue weighted by molar-refractivity contribution is 5.77. The average Bonchev–Trinajstić information content (AvgIpc) is 2.91. The van der Waals surface area contributed by atoms with Crippen molar-refractivity contribution in [1.29, 1.82) is 0 Å². The van der Waals surface area contributed by atoms with Crippen LogP contribution in [0.5, 0.6) is 0 Å². The first kappa shape index (κ1) is 14.3. The van der Waals surface area contributed by atoms with Crippen molar-refractivity contribution in [2.24, 2.45) is 0 Å². The molecule has 0 N–H and O–H groups in total. The van der Waals surface area contributed by atoms with Gasteiger partial charge < -0.3 is 4.57 Å². The van der Waals surface area contributed by atoms with E-state index in [1.807, 2.05) is 6.07 Å². The van der Waals surface area contributed by atoms with Crippen molar-refractivity contribution in [2.45, 2.75) is 33.0 Å². The van der Waals surface area contributed by atoms with Gasteiger partial charge in [-0.3, -0.25) is 9.88 Å². The molecule has 0 atom stereocenters. The van der Waals surface area contributed by atoms with Crippen LogP contribution in [0.1, 0.15) is 19.7 Å². The van der Waals surface area contributed by atoms with Crippen molar-refractivity contribution in [3.05, 3.63) is 42.2 Å². The monoisotopic (exact) mass is 311 g/mol. The minimum absolute atomic E-state index is 0.316. The van der Waals surface area contributed by atoms with Gasteiger partial charge in [0.15, 0.2) is 5.65 Å². The molecule has 0 amide bonds. The van der Waals surface area contributed by atoms with E-state index in [1.54, 1.807) is 18.5 Å². The molecule has 0 fully saturated rings. The van der Waals surface area contributed by atoms with Crippen molar-refractivity contribution in [3.8, 4) is 11.3 Å². The summed E-state index contributed by atoms with van der Waals surface area (Å²) in [4.78, 5) is 15.7. The third-order valence-electron chi connectivity index (χ3n) is 4.38. The number of rotatable bonds is 2. The van der Waals surface area contributed by atoms with Crippen molar-refractivity contribution in [3.63, 3.8) is 0 Å². The predicted molar refractivity (Wildman–Crippen MR) is 86.3 cm³/mol. The van der Waals surface area contributed by atoms with Gasteiger partial charge in [-0.2, -0.15) is 0 Å². The Bertz CT molecular complexity index is 871. The molecule has 1 aliphatic rings. The zero-order valence-electron chi connectivity index (χ0n) is 13.2. The average molecular weight is 311 g/mol. The molecular weight excluding hydrogens is 293 g/mol. The zero-order chi connectivity index (χ0) is 16.0. The molecule has 23 heavy (non-hydrogen) atoms. The minimum atomic E-state index is -0.344. The summed E-state index contributed by atoms with van der Waals surface area (Å²) in [6.07, 6.45) is 3.26. The number of hydrogen-bond acceptors (Lipinski definition) is 4. The SMILES string of the molecule is CC(C)N1CCn2c(nc3cc(-c4ncccc4F)cnc32)C1. The lowest BCUT2D eigenvalue weighted by Gasteiger charge is -2.30. The summed E-state index contributed by atoms with van der Waals surface area (Å²) < 4.78 is 16.1. The van der Waals surface area contributed by atoms with Crippen LogP contribution in [0.4, 0.5) is 4.39 Å². The van der Waals surface area contributed by atoms with Crippen molar-refractivity contribution >= 4 is 11.2 Å². The number of nitrogens with zero attached hydrogens (tertiary/aromatic N) is 5. The second kappa shape index (κ2) is 5.38. The van der Waals surface area contributed by atoms with Gasteiger partial charge in [0.25, 0.3) is 0 Å². The Morgan fingerprint density at radius 2 is 2.09 bits per heavy atom. The highest BCUT2D eigenvalue weighted by atomic mass is 19.1. The molecule has 4 heterocycles. The molecule has 118 valence electrons. The van der Waals surface area contributed by atoms with Crippen LogP contribution in [0.3, 0.4) is 0 Å². The van der Waals surface area contributed by atoms with E-state index < -0.39 is 0 Å². The van der Waals surface area contributed by atoms with Crippen LogP contribution in [0.25, 0.3) is 22.4 Å². The van der Waals surface area contributed by atoms with Gasteiger partial charge in [0.05, 0.1) is 6.54 Å². The highest BCUT2D eigenvalue weighted by Gasteiger charge is 2.22. The molecule has 0 saturated heterocycles. The summed E-state index contributed by atoms with van der Waals surface area (Å²) in [6.45, 7) is 7.08. The first-order chi connectivity index (χ1) is 11.1. The molecule has 1 aliphatic heterocycles. The third kappa shape index (κ3) is 2.39. The lowest BCUT2D eigenvalue weighted by molar-refractivity contribution is 0.175. The van der Waals surface area contributed by atoms with Crippen LogP contribution >= 0.6 is 0 Å². The molecule has 6 heteroatoms. The molecule has 4 rings (SSSR count). The van der Waals surface area contributed by atoms with Crippen LogP contribution < -0.4 is 0 Å². The molecular formula is C17H18FN5. The molecule has 0 spiro atoms. The van der Waals surface area contributed by atoms with Gasteiger partial charge in [-0.05, 0) is 32.0 Å². The fourth-order valence-electron chi connectivity index (χ4n) is 3.07. The largest absolute Gasteiger partial charge is 0.310 e. The van der Waals surface area contributed by atoms with Gasteiger partial charge in [0.1, 0.15) is 22.9 Å². The lowest BCUT2D eigenvalue weighted by atomic mass is 10.2. The maximum atomic E-state index is 13.9. The van der Waals surface area contributed by atoms with Crippen LogP contribution in [0.15, 0.2) is 30.6 Å². The summed E-state index contributed by atoms with van der Waals surface area (Å²) in [5, 5.41) is 0. The van der Waals surface area contributed by atoms with Crippen LogP contribution in [-0.2, 0) is 13.1 Å². The van der Waals surface area contributed by atoms with Gasteiger partial charge >= 0.3 is 0 Å². The summed E-state index contributed by atoms with van der Waals surface area (Å²) in [7, 11) is 0. The quantitative estimate of drug-likeness (QED) is 0.730. The van der Waals surface area contributed by atoms with Crippen molar-refractivity contribution < 1.29 is 4.39 Å². The van der Waals surface area contributed by atoms with Gasteiger partial charge in [-0.25, -0.2) is 14.4 Å². The van der Waals surface area contributed by atoms with Gasteiger partial charge in [0, 0.05) is 37.1 Å². The van der Waals surface area contributed by atoms with Gasteiger partial charge in [-0.15, -0.1) is 0 Å². The van der Waals surface area contributed by atoms with E-state index in [9.17, 15) is 4.39 Å². The highest BCUT2D eigenvalue weighted by Crippen LogP contribution is 2.25. The van der Waals surface area contributed by atoms with E-state index >= 15 is 0 Å². The van der Waals surface area contributed by atoms with Crippen LogP contribution in [-0.4, -0.2) is 37.0 Å². The van der Waals surface area contributed by atoms with E-state index in [2.05, 4.69) is 33.3 Å².